The summed E-state index contributed by atoms with van der Waals surface area (Å²) in [5, 5.41) is 9.27. The summed E-state index contributed by atoms with van der Waals surface area (Å²) in [6.45, 7) is 0. The van der Waals surface area contributed by atoms with Crippen LogP contribution in [0.3, 0.4) is 0 Å². The lowest BCUT2D eigenvalue weighted by Gasteiger charge is -2.18. The molecule has 0 bridgehead atoms. The van der Waals surface area contributed by atoms with Gasteiger partial charge < -0.3 is 14.2 Å². The highest BCUT2D eigenvalue weighted by molar-refractivity contribution is 5.96. The number of hydrogen-bond donors (Lipinski definition) is 0. The first-order chi connectivity index (χ1) is 9.58. The van der Waals surface area contributed by atoms with Gasteiger partial charge in [0.15, 0.2) is 5.92 Å². The van der Waals surface area contributed by atoms with Crippen LogP contribution in [0.4, 0.5) is 0 Å². The third-order valence-electron chi connectivity index (χ3n) is 2.86. The SMILES string of the molecule is COC(=O)C(C(=O)OC)C(C#N)c1ccc(OC)cc1. The maximum Gasteiger partial charge on any atom is 0.321 e. The molecule has 1 aromatic carbocycles. The van der Waals surface area contributed by atoms with E-state index in [2.05, 4.69) is 9.47 Å². The van der Waals surface area contributed by atoms with Crippen LogP contribution in [0.5, 0.6) is 5.75 Å². The number of nitrogens with zero attached hydrogens (tertiary/aromatic N) is 1. The molecule has 0 radical (unpaired) electrons. The van der Waals surface area contributed by atoms with Crippen LogP contribution in [0.25, 0.3) is 0 Å². The lowest BCUT2D eigenvalue weighted by atomic mass is 9.87. The average molecular weight is 277 g/mol. The van der Waals surface area contributed by atoms with E-state index in [-0.39, 0.29) is 0 Å². The van der Waals surface area contributed by atoms with Crippen LogP contribution in [-0.4, -0.2) is 33.3 Å². The lowest BCUT2D eigenvalue weighted by Crippen LogP contribution is -2.31. The summed E-state index contributed by atoms with van der Waals surface area (Å²) in [5.74, 6) is -3.30. The van der Waals surface area contributed by atoms with Crippen molar-refractivity contribution in [3.63, 3.8) is 0 Å². The number of carbonyl (C=O) groups excluding carboxylic acids is 2. The van der Waals surface area contributed by atoms with Gasteiger partial charge in [-0.15, -0.1) is 0 Å². The summed E-state index contributed by atoms with van der Waals surface area (Å²) in [5.41, 5.74) is 0.508. The van der Waals surface area contributed by atoms with Crippen LogP contribution in [0, 0.1) is 17.2 Å². The van der Waals surface area contributed by atoms with Crippen molar-refractivity contribution in [1.29, 1.82) is 5.26 Å². The zero-order valence-electron chi connectivity index (χ0n) is 11.5. The number of ether oxygens (including phenoxy) is 3. The van der Waals surface area contributed by atoms with Gasteiger partial charge in [0.25, 0.3) is 0 Å². The molecule has 0 heterocycles. The molecule has 0 aliphatic rings. The second-order valence-corrected chi connectivity index (χ2v) is 3.90. The molecular formula is C14H15NO5. The summed E-state index contributed by atoms with van der Waals surface area (Å²) in [6.07, 6.45) is 0. The Balaban J connectivity index is 3.15. The summed E-state index contributed by atoms with van der Waals surface area (Å²) in [6, 6.07) is 8.47. The van der Waals surface area contributed by atoms with Crippen LogP contribution in [0.15, 0.2) is 24.3 Å². The Kier molecular flexibility index (Phi) is 5.54. The van der Waals surface area contributed by atoms with Gasteiger partial charge in [-0.25, -0.2) is 0 Å². The van der Waals surface area contributed by atoms with E-state index in [4.69, 9.17) is 4.74 Å². The molecule has 0 aromatic heterocycles. The molecule has 6 nitrogen and oxygen atoms in total. The third kappa shape index (κ3) is 3.26. The number of carbonyl (C=O) groups is 2. The molecule has 1 rings (SSSR count). The Bertz CT molecular complexity index is 501. The van der Waals surface area contributed by atoms with Crippen molar-refractivity contribution in [3.8, 4) is 11.8 Å². The largest absolute Gasteiger partial charge is 0.497 e. The van der Waals surface area contributed by atoms with E-state index >= 15 is 0 Å². The maximum absolute atomic E-state index is 11.7. The van der Waals surface area contributed by atoms with Gasteiger partial charge in [-0.3, -0.25) is 9.59 Å². The normalized spacial score (nSPS) is 11.3. The Morgan fingerprint density at radius 2 is 1.55 bits per heavy atom. The Morgan fingerprint density at radius 1 is 1.05 bits per heavy atom. The van der Waals surface area contributed by atoms with Crippen molar-refractivity contribution in [2.24, 2.45) is 5.92 Å². The van der Waals surface area contributed by atoms with E-state index in [9.17, 15) is 14.9 Å². The molecule has 0 fully saturated rings. The quantitative estimate of drug-likeness (QED) is 0.595. The minimum absolute atomic E-state index is 0.508. The summed E-state index contributed by atoms with van der Waals surface area (Å²) < 4.78 is 14.2. The standard InChI is InChI=1S/C14H15NO5/c1-18-10-6-4-9(5-7-10)11(8-15)12(13(16)19-2)14(17)20-3/h4-7,11-12H,1-3H3. The number of benzene rings is 1. The van der Waals surface area contributed by atoms with Crippen molar-refractivity contribution >= 4 is 11.9 Å². The third-order valence-corrected chi connectivity index (χ3v) is 2.86. The van der Waals surface area contributed by atoms with Gasteiger partial charge in [-0.05, 0) is 17.7 Å². The number of esters is 2. The fourth-order valence-electron chi connectivity index (χ4n) is 1.78. The first-order valence-electron chi connectivity index (χ1n) is 5.78. The summed E-state index contributed by atoms with van der Waals surface area (Å²) >= 11 is 0. The zero-order valence-corrected chi connectivity index (χ0v) is 11.5. The minimum atomic E-state index is -1.32. The van der Waals surface area contributed by atoms with Gasteiger partial charge in [0, 0.05) is 0 Å². The maximum atomic E-state index is 11.7. The Hall–Kier alpha value is -2.55. The van der Waals surface area contributed by atoms with Crippen molar-refractivity contribution in [3.05, 3.63) is 29.8 Å². The van der Waals surface area contributed by atoms with E-state index in [0.29, 0.717) is 11.3 Å². The van der Waals surface area contributed by atoms with Crippen LogP contribution in [0.2, 0.25) is 0 Å². The lowest BCUT2D eigenvalue weighted by molar-refractivity contribution is -0.159. The summed E-state index contributed by atoms with van der Waals surface area (Å²) in [4.78, 5) is 23.4. The van der Waals surface area contributed by atoms with E-state index in [1.807, 2.05) is 6.07 Å². The number of methoxy groups -OCH3 is 3. The molecule has 6 heteroatoms. The molecule has 1 atom stereocenters. The molecular weight excluding hydrogens is 262 g/mol. The zero-order chi connectivity index (χ0) is 15.1. The monoisotopic (exact) mass is 277 g/mol. The summed E-state index contributed by atoms with van der Waals surface area (Å²) in [7, 11) is 3.82. The highest BCUT2D eigenvalue weighted by atomic mass is 16.5. The van der Waals surface area contributed by atoms with E-state index in [1.165, 1.54) is 7.11 Å². The second kappa shape index (κ2) is 7.14. The fourth-order valence-corrected chi connectivity index (χ4v) is 1.78. The van der Waals surface area contributed by atoms with Gasteiger partial charge in [0.1, 0.15) is 5.75 Å². The molecule has 0 saturated carbocycles. The Labute approximate surface area is 116 Å². The van der Waals surface area contributed by atoms with Crippen molar-refractivity contribution < 1.29 is 23.8 Å². The van der Waals surface area contributed by atoms with Gasteiger partial charge in [-0.1, -0.05) is 12.1 Å². The Morgan fingerprint density at radius 3 is 1.90 bits per heavy atom. The number of nitriles is 1. The topological polar surface area (TPSA) is 85.6 Å². The van der Waals surface area contributed by atoms with E-state index in [0.717, 1.165) is 14.2 Å². The average Bonchev–Trinajstić information content (AvgIpc) is 2.51. The molecule has 0 amide bonds. The first kappa shape index (κ1) is 15.5. The molecule has 0 N–H and O–H groups in total. The molecule has 1 aromatic rings. The molecule has 106 valence electrons. The number of hydrogen-bond acceptors (Lipinski definition) is 6. The minimum Gasteiger partial charge on any atom is -0.497 e. The predicted octanol–water partition coefficient (Wildman–Crippen LogP) is 1.26. The van der Waals surface area contributed by atoms with Crippen LogP contribution >= 0.6 is 0 Å². The fraction of sp³-hybridized carbons (Fsp3) is 0.357. The molecule has 20 heavy (non-hydrogen) atoms. The van der Waals surface area contributed by atoms with E-state index < -0.39 is 23.8 Å². The van der Waals surface area contributed by atoms with Gasteiger partial charge in [0.2, 0.25) is 0 Å². The molecule has 0 saturated heterocycles. The number of rotatable bonds is 5. The molecule has 1 unspecified atom stereocenters. The van der Waals surface area contributed by atoms with E-state index in [1.54, 1.807) is 24.3 Å². The molecule has 0 spiro atoms. The van der Waals surface area contributed by atoms with Crippen molar-refractivity contribution in [1.82, 2.24) is 0 Å². The smallest absolute Gasteiger partial charge is 0.321 e. The molecule has 0 aliphatic carbocycles. The predicted molar refractivity (Wildman–Crippen MR) is 68.9 cm³/mol. The van der Waals surface area contributed by atoms with Crippen molar-refractivity contribution in [2.45, 2.75) is 5.92 Å². The molecule has 0 aliphatic heterocycles. The van der Waals surface area contributed by atoms with Gasteiger partial charge in [0.05, 0.1) is 33.3 Å². The first-order valence-corrected chi connectivity index (χ1v) is 5.78. The van der Waals surface area contributed by atoms with Crippen molar-refractivity contribution in [2.75, 3.05) is 21.3 Å². The highest BCUT2D eigenvalue weighted by Crippen LogP contribution is 2.27. The second-order valence-electron chi connectivity index (χ2n) is 3.90. The van der Waals surface area contributed by atoms with Gasteiger partial charge in [-0.2, -0.15) is 5.26 Å². The van der Waals surface area contributed by atoms with Crippen LogP contribution in [0.1, 0.15) is 11.5 Å². The highest BCUT2D eigenvalue weighted by Gasteiger charge is 2.38. The van der Waals surface area contributed by atoms with Gasteiger partial charge >= 0.3 is 11.9 Å². The van der Waals surface area contributed by atoms with Crippen LogP contribution in [-0.2, 0) is 19.1 Å². The van der Waals surface area contributed by atoms with Crippen LogP contribution < -0.4 is 4.74 Å².